The monoisotopic (exact) mass is 362 g/mol. The molecule has 0 aliphatic carbocycles. The Labute approximate surface area is 128 Å². The molecular weight excluding hydrogens is 351 g/mol. The van der Waals surface area contributed by atoms with Gasteiger partial charge in [0.2, 0.25) is 0 Å². The lowest BCUT2D eigenvalue weighted by Crippen LogP contribution is -2.49. The quantitative estimate of drug-likeness (QED) is 0.846. The molecule has 1 aromatic carbocycles. The van der Waals surface area contributed by atoms with E-state index in [1.807, 2.05) is 0 Å². The van der Waals surface area contributed by atoms with Crippen LogP contribution in [0.5, 0.6) is 0 Å². The zero-order valence-corrected chi connectivity index (χ0v) is 12.6. The van der Waals surface area contributed by atoms with Crippen molar-refractivity contribution in [2.75, 3.05) is 25.0 Å². The van der Waals surface area contributed by atoms with Crippen molar-refractivity contribution in [2.24, 2.45) is 0 Å². The van der Waals surface area contributed by atoms with E-state index in [0.717, 1.165) is 0 Å². The van der Waals surface area contributed by atoms with Crippen molar-refractivity contribution in [1.82, 2.24) is 4.90 Å². The third-order valence-electron chi connectivity index (χ3n) is 2.80. The lowest BCUT2D eigenvalue weighted by molar-refractivity contribution is -0.154. The second-order valence-corrected chi connectivity index (χ2v) is 5.49. The summed E-state index contributed by atoms with van der Waals surface area (Å²) in [6.07, 6.45) is -0.983. The molecule has 1 aliphatic rings. The minimum absolute atomic E-state index is 0.0202. The Hall–Kier alpha value is -1.31. The van der Waals surface area contributed by atoms with Gasteiger partial charge in [0.15, 0.2) is 6.10 Å². The van der Waals surface area contributed by atoms with Gasteiger partial charge in [0.25, 0.3) is 0 Å². The number of rotatable bonds is 2. The molecule has 1 fully saturated rings. The molecule has 108 valence electrons. The highest BCUT2D eigenvalue weighted by Gasteiger charge is 2.29. The number of aliphatic carboxylic acids is 1. The highest BCUT2D eigenvalue weighted by atomic mass is 79.9. The molecule has 20 heavy (non-hydrogen) atoms. The van der Waals surface area contributed by atoms with E-state index >= 15 is 0 Å². The summed E-state index contributed by atoms with van der Waals surface area (Å²) in [7, 11) is 0. The van der Waals surface area contributed by atoms with Gasteiger partial charge in [-0.2, -0.15) is 0 Å². The number of carbonyl (C=O) groups is 2. The van der Waals surface area contributed by atoms with Gasteiger partial charge in [0.05, 0.1) is 18.8 Å². The number of carboxylic acids is 1. The fourth-order valence-electron chi connectivity index (χ4n) is 1.77. The predicted molar refractivity (Wildman–Crippen MR) is 77.1 cm³/mol. The van der Waals surface area contributed by atoms with Gasteiger partial charge >= 0.3 is 12.0 Å². The van der Waals surface area contributed by atoms with Crippen molar-refractivity contribution in [3.8, 4) is 0 Å². The number of anilines is 1. The lowest BCUT2D eigenvalue weighted by atomic mass is 10.3. The van der Waals surface area contributed by atoms with Crippen molar-refractivity contribution in [3.63, 3.8) is 0 Å². The first-order valence-electron chi connectivity index (χ1n) is 5.83. The van der Waals surface area contributed by atoms with Crippen molar-refractivity contribution in [1.29, 1.82) is 0 Å². The van der Waals surface area contributed by atoms with Gasteiger partial charge in [0.1, 0.15) is 0 Å². The number of halogens is 2. The van der Waals surface area contributed by atoms with Gasteiger partial charge in [-0.3, -0.25) is 0 Å². The smallest absolute Gasteiger partial charge is 0.334 e. The number of ether oxygens (including phenoxy) is 1. The summed E-state index contributed by atoms with van der Waals surface area (Å²) in [6, 6.07) is 4.61. The van der Waals surface area contributed by atoms with Crippen LogP contribution in [0.1, 0.15) is 0 Å². The molecule has 1 aliphatic heterocycles. The molecule has 0 radical (unpaired) electrons. The highest BCUT2D eigenvalue weighted by Crippen LogP contribution is 2.26. The van der Waals surface area contributed by atoms with Gasteiger partial charge in [-0.25, -0.2) is 9.59 Å². The Morgan fingerprint density at radius 2 is 2.25 bits per heavy atom. The van der Waals surface area contributed by atoms with Crippen LogP contribution in [0.25, 0.3) is 0 Å². The number of morpholine rings is 1. The Balaban J connectivity index is 2.02. The van der Waals surface area contributed by atoms with Crippen molar-refractivity contribution in [3.05, 3.63) is 27.7 Å². The van der Waals surface area contributed by atoms with Crippen LogP contribution < -0.4 is 5.32 Å². The topological polar surface area (TPSA) is 78.9 Å². The molecule has 0 aromatic heterocycles. The fourth-order valence-corrected chi connectivity index (χ4v) is 2.55. The second kappa shape index (κ2) is 6.43. The van der Waals surface area contributed by atoms with E-state index in [4.69, 9.17) is 21.4 Å². The maximum absolute atomic E-state index is 12.1. The van der Waals surface area contributed by atoms with Crippen LogP contribution in [-0.2, 0) is 9.53 Å². The summed E-state index contributed by atoms with van der Waals surface area (Å²) in [5, 5.41) is 12.1. The Kier molecular flexibility index (Phi) is 4.85. The average molecular weight is 364 g/mol. The average Bonchev–Trinajstić information content (AvgIpc) is 2.42. The van der Waals surface area contributed by atoms with Crippen LogP contribution in [0.4, 0.5) is 10.5 Å². The van der Waals surface area contributed by atoms with Gasteiger partial charge in [-0.05, 0) is 34.1 Å². The molecule has 0 saturated carbocycles. The van der Waals surface area contributed by atoms with Crippen molar-refractivity contribution >= 4 is 45.2 Å². The first-order chi connectivity index (χ1) is 9.47. The summed E-state index contributed by atoms with van der Waals surface area (Å²) in [6.45, 7) is 0.569. The molecule has 2 amide bonds. The maximum Gasteiger partial charge on any atom is 0.334 e. The Morgan fingerprint density at radius 1 is 1.50 bits per heavy atom. The van der Waals surface area contributed by atoms with Crippen LogP contribution >= 0.6 is 27.5 Å². The first kappa shape index (κ1) is 15.1. The second-order valence-electron chi connectivity index (χ2n) is 4.20. The van der Waals surface area contributed by atoms with E-state index in [2.05, 4.69) is 21.2 Å². The molecule has 0 bridgehead atoms. The summed E-state index contributed by atoms with van der Waals surface area (Å²) in [4.78, 5) is 24.4. The van der Waals surface area contributed by atoms with Crippen LogP contribution in [0.2, 0.25) is 5.02 Å². The van der Waals surface area contributed by atoms with E-state index in [0.29, 0.717) is 21.7 Å². The fraction of sp³-hybridized carbons (Fsp3) is 0.333. The van der Waals surface area contributed by atoms with E-state index in [1.165, 1.54) is 4.90 Å². The molecule has 2 N–H and O–H groups in total. The van der Waals surface area contributed by atoms with Crippen LogP contribution in [0.15, 0.2) is 22.7 Å². The highest BCUT2D eigenvalue weighted by molar-refractivity contribution is 9.10. The molecule has 1 unspecified atom stereocenters. The number of nitrogens with one attached hydrogen (secondary N) is 1. The molecule has 6 nitrogen and oxygen atoms in total. The molecule has 1 aromatic rings. The number of urea groups is 1. The number of hydrogen-bond acceptors (Lipinski definition) is 3. The number of amides is 2. The van der Waals surface area contributed by atoms with Gasteiger partial charge in [-0.15, -0.1) is 0 Å². The van der Waals surface area contributed by atoms with E-state index in [1.54, 1.807) is 18.2 Å². The molecule has 1 saturated heterocycles. The van der Waals surface area contributed by atoms with Crippen molar-refractivity contribution < 1.29 is 19.4 Å². The summed E-state index contributed by atoms with van der Waals surface area (Å²) < 4.78 is 5.72. The minimum atomic E-state index is -1.07. The minimum Gasteiger partial charge on any atom is -0.479 e. The number of nitrogens with zero attached hydrogens (tertiary/aromatic N) is 1. The number of carboxylic acid groups (broad SMARTS) is 1. The molecule has 8 heteroatoms. The summed E-state index contributed by atoms with van der Waals surface area (Å²) >= 11 is 9.12. The number of carbonyl (C=O) groups excluding carboxylic acids is 1. The van der Waals surface area contributed by atoms with Crippen LogP contribution in [0.3, 0.4) is 0 Å². The number of hydrogen-bond donors (Lipinski definition) is 2. The zero-order valence-electron chi connectivity index (χ0n) is 10.3. The number of benzene rings is 1. The third-order valence-corrected chi connectivity index (χ3v) is 3.69. The zero-order chi connectivity index (χ0) is 14.7. The molecule has 0 spiro atoms. The van der Waals surface area contributed by atoms with Crippen LogP contribution in [0, 0.1) is 0 Å². The molecule has 1 heterocycles. The van der Waals surface area contributed by atoms with Gasteiger partial charge in [-0.1, -0.05) is 11.6 Å². The Morgan fingerprint density at radius 3 is 2.90 bits per heavy atom. The first-order valence-corrected chi connectivity index (χ1v) is 7.00. The SMILES string of the molecule is O=C(O)C1CN(C(=O)Nc2ccc(Cl)cc2Br)CCO1. The normalized spacial score (nSPS) is 18.7. The van der Waals surface area contributed by atoms with E-state index < -0.39 is 12.1 Å². The summed E-state index contributed by atoms with van der Waals surface area (Å²) in [5.41, 5.74) is 0.567. The van der Waals surface area contributed by atoms with Gasteiger partial charge < -0.3 is 20.1 Å². The largest absolute Gasteiger partial charge is 0.479 e. The lowest BCUT2D eigenvalue weighted by Gasteiger charge is -2.30. The predicted octanol–water partition coefficient (Wildman–Crippen LogP) is 2.42. The van der Waals surface area contributed by atoms with Gasteiger partial charge in [0, 0.05) is 16.0 Å². The Bertz CT molecular complexity index is 540. The molecule has 2 rings (SSSR count). The molecular formula is C12H12BrClN2O4. The van der Waals surface area contributed by atoms with E-state index in [9.17, 15) is 9.59 Å². The van der Waals surface area contributed by atoms with Crippen LogP contribution in [-0.4, -0.2) is 47.8 Å². The summed E-state index contributed by atoms with van der Waals surface area (Å²) in [5.74, 6) is -1.07. The third kappa shape index (κ3) is 3.62. The van der Waals surface area contributed by atoms with Crippen molar-refractivity contribution in [2.45, 2.75) is 6.10 Å². The van der Waals surface area contributed by atoms with E-state index in [-0.39, 0.29) is 19.2 Å². The maximum atomic E-state index is 12.1. The molecule has 1 atom stereocenters. The standard InChI is InChI=1S/C12H12BrClN2O4/c13-8-5-7(14)1-2-9(8)15-12(19)16-3-4-20-10(6-16)11(17)18/h1-2,5,10H,3-4,6H2,(H,15,19)(H,17,18).